The van der Waals surface area contributed by atoms with E-state index in [2.05, 4.69) is 30.6 Å². The summed E-state index contributed by atoms with van der Waals surface area (Å²) in [6, 6.07) is 11.2. The van der Waals surface area contributed by atoms with Crippen molar-refractivity contribution >= 4 is 64.4 Å². The van der Waals surface area contributed by atoms with Crippen LogP contribution in [0.1, 0.15) is 39.3 Å². The van der Waals surface area contributed by atoms with Crippen molar-refractivity contribution in [2.24, 2.45) is 0 Å². The van der Waals surface area contributed by atoms with Gasteiger partial charge in [0.2, 0.25) is 12.4 Å². The molecular formula is C27H26ClN9O5. The number of nitrogens with two attached hydrogens (primary N) is 2. The minimum absolute atomic E-state index is 0.0332. The summed E-state index contributed by atoms with van der Waals surface area (Å²) in [4.78, 5) is 66.2. The first kappa shape index (κ1) is 29.6. The number of aliphatic carboxylic acids is 1. The van der Waals surface area contributed by atoms with E-state index in [0.29, 0.717) is 34.8 Å². The summed E-state index contributed by atoms with van der Waals surface area (Å²) in [7, 11) is 0. The highest BCUT2D eigenvalue weighted by Crippen LogP contribution is 2.19. The Kier molecular flexibility index (Phi) is 9.39. The quantitative estimate of drug-likeness (QED) is 0.118. The number of anilines is 3. The largest absolute Gasteiger partial charge is 0.480 e. The third-order valence-corrected chi connectivity index (χ3v) is 6.34. The Morgan fingerprint density at radius 1 is 0.976 bits per heavy atom. The number of carboxylic acid groups (broad SMARTS) is 1. The van der Waals surface area contributed by atoms with Crippen LogP contribution in [-0.4, -0.2) is 61.8 Å². The molecule has 1 unspecified atom stereocenters. The van der Waals surface area contributed by atoms with Gasteiger partial charge in [0.25, 0.3) is 11.8 Å². The van der Waals surface area contributed by atoms with Crippen LogP contribution in [0.3, 0.4) is 0 Å². The maximum Gasteiger partial charge on any atom is 0.326 e. The highest BCUT2D eigenvalue weighted by molar-refractivity contribution is 6.30. The predicted octanol–water partition coefficient (Wildman–Crippen LogP) is 1.79. The number of amides is 3. The van der Waals surface area contributed by atoms with Crippen molar-refractivity contribution in [3.05, 3.63) is 76.6 Å². The summed E-state index contributed by atoms with van der Waals surface area (Å²) in [5.41, 5.74) is 13.4. The molecule has 4 rings (SSSR count). The van der Waals surface area contributed by atoms with E-state index >= 15 is 0 Å². The van der Waals surface area contributed by atoms with E-state index in [9.17, 15) is 24.3 Å². The smallest absolute Gasteiger partial charge is 0.326 e. The molecule has 216 valence electrons. The van der Waals surface area contributed by atoms with Gasteiger partial charge in [0, 0.05) is 28.4 Å². The lowest BCUT2D eigenvalue weighted by Crippen LogP contribution is -2.41. The first-order valence-corrected chi connectivity index (χ1v) is 13.0. The molecule has 1 atom stereocenters. The summed E-state index contributed by atoms with van der Waals surface area (Å²) in [5, 5.41) is 15.3. The Bertz CT molecular complexity index is 1620. The SMILES string of the molecule is Nc1nc(N)c2nc(CN(C=O)c3ccc(C(=O)NC(CCCNC(=O)c4ccc(Cl)cc4)C(=O)O)cc3)cnc2n1. The van der Waals surface area contributed by atoms with Crippen LogP contribution in [0.5, 0.6) is 0 Å². The Hall–Kier alpha value is -5.37. The summed E-state index contributed by atoms with van der Waals surface area (Å²) < 4.78 is 0. The molecule has 14 nitrogen and oxygen atoms in total. The lowest BCUT2D eigenvalue weighted by atomic mass is 10.1. The Morgan fingerprint density at radius 2 is 1.64 bits per heavy atom. The van der Waals surface area contributed by atoms with Crippen molar-refractivity contribution in [3.63, 3.8) is 0 Å². The number of hydrogen-bond acceptors (Lipinski definition) is 10. The molecule has 2 heterocycles. The Balaban J connectivity index is 1.33. The van der Waals surface area contributed by atoms with Crippen LogP contribution in [0.15, 0.2) is 54.7 Å². The van der Waals surface area contributed by atoms with E-state index in [1.807, 2.05) is 0 Å². The number of fused-ring (bicyclic) bond motifs is 1. The van der Waals surface area contributed by atoms with E-state index < -0.39 is 17.9 Å². The molecule has 3 amide bonds. The molecule has 7 N–H and O–H groups in total. The van der Waals surface area contributed by atoms with Crippen LogP contribution >= 0.6 is 11.6 Å². The second kappa shape index (κ2) is 13.3. The molecule has 0 saturated carbocycles. The first-order valence-electron chi connectivity index (χ1n) is 12.6. The number of carbonyl (C=O) groups excluding carboxylic acids is 3. The fraction of sp³-hybridized carbons (Fsp3) is 0.185. The number of nitrogens with zero attached hydrogens (tertiary/aromatic N) is 5. The van der Waals surface area contributed by atoms with Gasteiger partial charge in [-0.15, -0.1) is 0 Å². The van der Waals surface area contributed by atoms with Gasteiger partial charge in [0.15, 0.2) is 17.0 Å². The minimum atomic E-state index is -1.21. The second-order valence-corrected chi connectivity index (χ2v) is 9.49. The fourth-order valence-electron chi connectivity index (χ4n) is 3.94. The van der Waals surface area contributed by atoms with E-state index in [1.54, 1.807) is 24.3 Å². The van der Waals surface area contributed by atoms with E-state index in [-0.39, 0.29) is 53.9 Å². The van der Waals surface area contributed by atoms with Gasteiger partial charge in [-0.25, -0.2) is 14.8 Å². The zero-order chi connectivity index (χ0) is 30.2. The molecule has 0 aliphatic heterocycles. The Morgan fingerprint density at radius 3 is 2.31 bits per heavy atom. The number of hydrogen-bond donors (Lipinski definition) is 5. The van der Waals surface area contributed by atoms with Crippen LogP contribution in [0, 0.1) is 0 Å². The van der Waals surface area contributed by atoms with Gasteiger partial charge >= 0.3 is 5.97 Å². The molecule has 2 aromatic carbocycles. The van der Waals surface area contributed by atoms with Crippen molar-refractivity contribution in [2.75, 3.05) is 22.9 Å². The average Bonchev–Trinajstić information content (AvgIpc) is 2.97. The molecule has 0 bridgehead atoms. The van der Waals surface area contributed by atoms with Crippen molar-refractivity contribution < 1.29 is 24.3 Å². The summed E-state index contributed by atoms with van der Waals surface area (Å²) in [6.45, 7) is 0.254. The van der Waals surface area contributed by atoms with E-state index in [4.69, 9.17) is 23.1 Å². The van der Waals surface area contributed by atoms with Crippen LogP contribution in [-0.2, 0) is 16.1 Å². The number of carboxylic acids is 1. The topological polar surface area (TPSA) is 219 Å². The van der Waals surface area contributed by atoms with Crippen molar-refractivity contribution in [2.45, 2.75) is 25.4 Å². The molecule has 0 radical (unpaired) electrons. The number of nitrogen functional groups attached to an aromatic ring is 2. The van der Waals surface area contributed by atoms with Crippen LogP contribution in [0.25, 0.3) is 11.2 Å². The highest BCUT2D eigenvalue weighted by Gasteiger charge is 2.21. The predicted molar refractivity (Wildman–Crippen MR) is 155 cm³/mol. The normalized spacial score (nSPS) is 11.5. The number of aromatic nitrogens is 4. The fourth-order valence-corrected chi connectivity index (χ4v) is 4.06. The van der Waals surface area contributed by atoms with Gasteiger partial charge in [-0.2, -0.15) is 9.97 Å². The molecule has 0 aliphatic rings. The molecule has 4 aromatic rings. The monoisotopic (exact) mass is 591 g/mol. The van der Waals surface area contributed by atoms with Crippen molar-refractivity contribution in [1.29, 1.82) is 0 Å². The maximum atomic E-state index is 12.7. The lowest BCUT2D eigenvalue weighted by Gasteiger charge is -2.18. The third kappa shape index (κ3) is 7.42. The van der Waals surface area contributed by atoms with Crippen LogP contribution in [0.4, 0.5) is 17.5 Å². The first-order chi connectivity index (χ1) is 20.1. The van der Waals surface area contributed by atoms with Crippen molar-refractivity contribution in [3.8, 4) is 0 Å². The molecule has 15 heteroatoms. The average molecular weight is 592 g/mol. The standard InChI is InChI=1S/C27H26ClN9O5/c28-17-7-3-15(4-8-17)24(39)31-11-1-2-20(26(41)42)34-25(40)16-5-9-19(10-6-16)37(14-38)13-18-12-32-23-21(33-18)22(29)35-27(30)36-23/h3-10,12,14,20H,1-2,11,13H2,(H,31,39)(H,34,40)(H,41,42)(H4,29,30,32,35,36). The van der Waals surface area contributed by atoms with Gasteiger partial charge in [0.1, 0.15) is 6.04 Å². The molecule has 0 saturated heterocycles. The van der Waals surface area contributed by atoms with Gasteiger partial charge in [-0.3, -0.25) is 14.4 Å². The van der Waals surface area contributed by atoms with E-state index in [0.717, 1.165) is 0 Å². The molecule has 42 heavy (non-hydrogen) atoms. The minimum Gasteiger partial charge on any atom is -0.480 e. The van der Waals surface area contributed by atoms with Gasteiger partial charge < -0.3 is 32.1 Å². The number of nitrogens with one attached hydrogen (secondary N) is 2. The molecule has 0 fully saturated rings. The number of carbonyl (C=O) groups is 4. The number of benzene rings is 2. The number of rotatable bonds is 12. The summed E-state index contributed by atoms with van der Waals surface area (Å²) in [6.07, 6.45) is 2.43. The van der Waals surface area contributed by atoms with Gasteiger partial charge in [-0.1, -0.05) is 11.6 Å². The maximum absolute atomic E-state index is 12.7. The zero-order valence-electron chi connectivity index (χ0n) is 22.0. The highest BCUT2D eigenvalue weighted by atomic mass is 35.5. The van der Waals surface area contributed by atoms with Crippen LogP contribution in [0.2, 0.25) is 5.02 Å². The molecule has 2 aromatic heterocycles. The lowest BCUT2D eigenvalue weighted by molar-refractivity contribution is -0.139. The van der Waals surface area contributed by atoms with E-state index in [1.165, 1.54) is 35.4 Å². The second-order valence-electron chi connectivity index (χ2n) is 9.05. The summed E-state index contributed by atoms with van der Waals surface area (Å²) >= 11 is 5.82. The number of halogens is 1. The van der Waals surface area contributed by atoms with Crippen molar-refractivity contribution in [1.82, 2.24) is 30.6 Å². The summed E-state index contributed by atoms with van der Waals surface area (Å²) in [5.74, 6) is -2.10. The van der Waals surface area contributed by atoms with Crippen LogP contribution < -0.4 is 27.0 Å². The zero-order valence-corrected chi connectivity index (χ0v) is 22.8. The molecular weight excluding hydrogens is 566 g/mol. The van der Waals surface area contributed by atoms with Gasteiger partial charge in [-0.05, 0) is 61.4 Å². The third-order valence-electron chi connectivity index (χ3n) is 6.09. The molecule has 0 aliphatic carbocycles. The van der Waals surface area contributed by atoms with Gasteiger partial charge in [0.05, 0.1) is 18.4 Å². The molecule has 0 spiro atoms. The Labute approximate surface area is 244 Å².